The number of aromatic nitrogens is 2. The molecule has 39 heavy (non-hydrogen) atoms. The zero-order chi connectivity index (χ0) is 27.7. The van der Waals surface area contributed by atoms with Crippen LogP contribution in [0.4, 0.5) is 10.1 Å². The van der Waals surface area contributed by atoms with Crippen LogP contribution in [0.2, 0.25) is 0 Å². The summed E-state index contributed by atoms with van der Waals surface area (Å²) in [4.78, 5) is 19.5. The van der Waals surface area contributed by atoms with E-state index in [1.807, 2.05) is 18.2 Å². The molecular formula is C31H32FN5OS. The zero-order valence-corrected chi connectivity index (χ0v) is 23.3. The fourth-order valence-electron chi connectivity index (χ4n) is 5.53. The van der Waals surface area contributed by atoms with Crippen molar-refractivity contribution in [3.8, 4) is 5.69 Å². The van der Waals surface area contributed by atoms with Gasteiger partial charge in [-0.25, -0.2) is 4.39 Å². The molecule has 1 saturated heterocycles. The first-order valence-corrected chi connectivity index (χ1v) is 13.4. The fourth-order valence-corrected chi connectivity index (χ4v) is 5.86. The second kappa shape index (κ2) is 11.0. The molecule has 2 N–H and O–H groups in total. The number of aryl methyl sites for hydroxylation is 3. The molecule has 2 atom stereocenters. The van der Waals surface area contributed by atoms with Crippen LogP contribution in [0, 0.1) is 33.5 Å². The molecule has 1 fully saturated rings. The SMILES string of the molecule is Cc1cc(C)cc(-n2c(C)cc([C@H]3[C@@H](c4ccccn4)NC(=S)N3CCC(=O)Nc3ccc(F)cc3)c2C)c1. The number of benzene rings is 2. The van der Waals surface area contributed by atoms with Crippen LogP contribution < -0.4 is 10.6 Å². The van der Waals surface area contributed by atoms with E-state index in [-0.39, 0.29) is 30.2 Å². The molecule has 0 radical (unpaired) electrons. The number of nitrogens with zero attached hydrogens (tertiary/aromatic N) is 3. The van der Waals surface area contributed by atoms with Gasteiger partial charge >= 0.3 is 0 Å². The lowest BCUT2D eigenvalue weighted by Gasteiger charge is -2.28. The number of nitrogens with one attached hydrogen (secondary N) is 2. The average molecular weight is 542 g/mol. The van der Waals surface area contributed by atoms with E-state index in [9.17, 15) is 9.18 Å². The van der Waals surface area contributed by atoms with Gasteiger partial charge in [-0.05, 0) is 111 Å². The number of rotatable bonds is 7. The van der Waals surface area contributed by atoms with Crippen LogP contribution in [-0.4, -0.2) is 32.0 Å². The molecule has 2 aromatic heterocycles. The first-order chi connectivity index (χ1) is 18.7. The number of halogens is 1. The van der Waals surface area contributed by atoms with Gasteiger partial charge in [0.25, 0.3) is 0 Å². The lowest BCUT2D eigenvalue weighted by Crippen LogP contribution is -2.32. The maximum absolute atomic E-state index is 13.3. The van der Waals surface area contributed by atoms with Gasteiger partial charge in [0.05, 0.1) is 17.8 Å². The number of carbonyl (C=O) groups excluding carboxylic acids is 1. The highest BCUT2D eigenvalue weighted by atomic mass is 32.1. The molecule has 0 aliphatic carbocycles. The Morgan fingerprint density at radius 2 is 1.74 bits per heavy atom. The smallest absolute Gasteiger partial charge is 0.226 e. The number of thiocarbonyl (C=S) groups is 1. The quantitative estimate of drug-likeness (QED) is 0.271. The van der Waals surface area contributed by atoms with Crippen LogP contribution in [0.15, 0.2) is 72.9 Å². The zero-order valence-electron chi connectivity index (χ0n) is 22.5. The highest BCUT2D eigenvalue weighted by Crippen LogP contribution is 2.41. The molecule has 1 amide bonds. The van der Waals surface area contributed by atoms with Crippen LogP contribution in [0.1, 0.15) is 52.3 Å². The predicted octanol–water partition coefficient (Wildman–Crippen LogP) is 6.25. The van der Waals surface area contributed by atoms with Crippen molar-refractivity contribution in [2.45, 2.75) is 46.2 Å². The van der Waals surface area contributed by atoms with E-state index in [4.69, 9.17) is 12.2 Å². The summed E-state index contributed by atoms with van der Waals surface area (Å²) in [6.45, 7) is 8.89. The molecule has 3 heterocycles. The van der Waals surface area contributed by atoms with E-state index in [2.05, 4.69) is 77.0 Å². The van der Waals surface area contributed by atoms with Crippen molar-refractivity contribution >= 4 is 28.9 Å². The number of pyridine rings is 1. The molecule has 1 aliphatic rings. The molecule has 0 saturated carbocycles. The van der Waals surface area contributed by atoms with Gasteiger partial charge in [-0.15, -0.1) is 0 Å². The fraction of sp³-hybridized carbons (Fsp3) is 0.258. The summed E-state index contributed by atoms with van der Waals surface area (Å²) in [5.74, 6) is -0.506. The summed E-state index contributed by atoms with van der Waals surface area (Å²) >= 11 is 5.81. The predicted molar refractivity (Wildman–Crippen MR) is 157 cm³/mol. The van der Waals surface area contributed by atoms with Crippen molar-refractivity contribution in [3.63, 3.8) is 0 Å². The summed E-state index contributed by atoms with van der Waals surface area (Å²) in [5, 5.41) is 6.91. The highest BCUT2D eigenvalue weighted by Gasteiger charge is 2.41. The maximum Gasteiger partial charge on any atom is 0.226 e. The van der Waals surface area contributed by atoms with Gasteiger partial charge in [-0.1, -0.05) is 12.1 Å². The van der Waals surface area contributed by atoms with Gasteiger partial charge < -0.3 is 20.1 Å². The number of hydrogen-bond donors (Lipinski definition) is 2. The summed E-state index contributed by atoms with van der Waals surface area (Å²) in [5.41, 5.74) is 8.37. The van der Waals surface area contributed by atoms with Gasteiger partial charge in [0, 0.05) is 41.9 Å². The van der Waals surface area contributed by atoms with Gasteiger partial charge in [-0.2, -0.15) is 0 Å². The first-order valence-electron chi connectivity index (χ1n) is 13.0. The van der Waals surface area contributed by atoms with E-state index >= 15 is 0 Å². The van der Waals surface area contributed by atoms with Crippen LogP contribution >= 0.6 is 12.2 Å². The normalized spacial score (nSPS) is 16.8. The molecule has 2 aromatic carbocycles. The summed E-state index contributed by atoms with van der Waals surface area (Å²) in [6, 6.07) is 20.1. The highest BCUT2D eigenvalue weighted by molar-refractivity contribution is 7.80. The van der Waals surface area contributed by atoms with Crippen molar-refractivity contribution in [2.24, 2.45) is 0 Å². The third-order valence-electron chi connectivity index (χ3n) is 7.16. The van der Waals surface area contributed by atoms with Crippen LogP contribution in [0.5, 0.6) is 0 Å². The van der Waals surface area contributed by atoms with Crippen molar-refractivity contribution in [3.05, 3.63) is 113 Å². The van der Waals surface area contributed by atoms with E-state index in [1.165, 1.54) is 23.3 Å². The minimum absolute atomic E-state index is 0.156. The summed E-state index contributed by atoms with van der Waals surface area (Å²) < 4.78 is 15.5. The molecule has 8 heteroatoms. The van der Waals surface area contributed by atoms with E-state index in [0.717, 1.165) is 28.3 Å². The van der Waals surface area contributed by atoms with Gasteiger partial charge in [0.15, 0.2) is 5.11 Å². The standard InChI is InChI=1S/C31H32FN5OS/c1-19-15-20(2)17-25(16-19)37-21(3)18-26(22(37)4)30-29(27-7-5-6-13-33-27)35-31(39)36(30)14-12-28(38)34-24-10-8-23(32)9-11-24/h5-11,13,15-18,29-30H,12,14H2,1-4H3,(H,34,38)(H,35,39)/t29-,30+/m1/s1. The maximum atomic E-state index is 13.3. The number of carbonyl (C=O) groups is 1. The Labute approximate surface area is 233 Å². The van der Waals surface area contributed by atoms with Gasteiger partial charge in [0.2, 0.25) is 5.91 Å². The van der Waals surface area contributed by atoms with Crippen molar-refractivity contribution < 1.29 is 9.18 Å². The molecule has 0 unspecified atom stereocenters. The lowest BCUT2D eigenvalue weighted by molar-refractivity contribution is -0.116. The molecular weight excluding hydrogens is 509 g/mol. The second-order valence-electron chi connectivity index (χ2n) is 10.1. The first kappa shape index (κ1) is 26.6. The number of hydrogen-bond acceptors (Lipinski definition) is 3. The molecule has 0 spiro atoms. The molecule has 200 valence electrons. The Balaban J connectivity index is 1.48. The minimum atomic E-state index is -0.344. The second-order valence-corrected chi connectivity index (χ2v) is 10.5. The number of amides is 1. The molecule has 6 nitrogen and oxygen atoms in total. The Hall–Kier alpha value is -4.04. The van der Waals surface area contributed by atoms with Crippen LogP contribution in [0.25, 0.3) is 5.69 Å². The molecule has 5 rings (SSSR count). The number of anilines is 1. The molecule has 1 aliphatic heterocycles. The van der Waals surface area contributed by atoms with E-state index < -0.39 is 0 Å². The Morgan fingerprint density at radius 1 is 1.03 bits per heavy atom. The van der Waals surface area contributed by atoms with Crippen molar-refractivity contribution in [1.82, 2.24) is 19.8 Å². The average Bonchev–Trinajstić information content (AvgIpc) is 3.38. The third-order valence-corrected chi connectivity index (χ3v) is 7.51. The van der Waals surface area contributed by atoms with E-state index in [0.29, 0.717) is 17.3 Å². The van der Waals surface area contributed by atoms with Crippen molar-refractivity contribution in [1.29, 1.82) is 0 Å². The van der Waals surface area contributed by atoms with E-state index in [1.54, 1.807) is 18.3 Å². The monoisotopic (exact) mass is 541 g/mol. The van der Waals surface area contributed by atoms with Crippen LogP contribution in [-0.2, 0) is 4.79 Å². The third kappa shape index (κ3) is 5.56. The Morgan fingerprint density at radius 3 is 2.41 bits per heavy atom. The van der Waals surface area contributed by atoms with Crippen molar-refractivity contribution in [2.75, 3.05) is 11.9 Å². The Kier molecular flexibility index (Phi) is 7.48. The molecule has 4 aromatic rings. The minimum Gasteiger partial charge on any atom is -0.352 e. The lowest BCUT2D eigenvalue weighted by atomic mass is 9.96. The summed E-state index contributed by atoms with van der Waals surface area (Å²) in [7, 11) is 0. The molecule has 0 bridgehead atoms. The van der Waals surface area contributed by atoms with Gasteiger partial charge in [-0.3, -0.25) is 9.78 Å². The van der Waals surface area contributed by atoms with Gasteiger partial charge in [0.1, 0.15) is 5.82 Å². The largest absolute Gasteiger partial charge is 0.352 e. The summed E-state index contributed by atoms with van der Waals surface area (Å²) in [6.07, 6.45) is 2.01. The topological polar surface area (TPSA) is 62.2 Å². The van der Waals surface area contributed by atoms with Crippen LogP contribution in [0.3, 0.4) is 0 Å². The Bertz CT molecular complexity index is 1500.